The molecule has 1 aromatic carbocycles. The van der Waals surface area contributed by atoms with Crippen molar-refractivity contribution in [3.8, 4) is 0 Å². The SMILES string of the molecule is CCN(c1cccc(Cl)c1[N+](=O)[O-])C1CC2CCC(C1)N2. The van der Waals surface area contributed by atoms with Crippen LogP contribution in [0.3, 0.4) is 0 Å². The fourth-order valence-corrected chi connectivity index (χ4v) is 4.06. The molecule has 2 fully saturated rings. The number of fused-ring (bicyclic) bond motifs is 2. The topological polar surface area (TPSA) is 58.4 Å². The Balaban J connectivity index is 1.93. The molecule has 5 nitrogen and oxygen atoms in total. The second-order valence-corrected chi connectivity index (χ2v) is 6.32. The number of para-hydroxylation sites is 1. The van der Waals surface area contributed by atoms with E-state index in [-0.39, 0.29) is 15.6 Å². The van der Waals surface area contributed by atoms with Gasteiger partial charge in [-0.25, -0.2) is 0 Å². The van der Waals surface area contributed by atoms with Crippen molar-refractivity contribution in [2.24, 2.45) is 0 Å². The number of hydrogen-bond donors (Lipinski definition) is 1. The molecule has 0 aromatic heterocycles. The molecule has 2 unspecified atom stereocenters. The van der Waals surface area contributed by atoms with E-state index in [2.05, 4.69) is 17.1 Å². The molecule has 1 aromatic rings. The van der Waals surface area contributed by atoms with Crippen molar-refractivity contribution in [3.63, 3.8) is 0 Å². The van der Waals surface area contributed by atoms with E-state index in [0.717, 1.165) is 19.4 Å². The molecule has 2 aliphatic heterocycles. The summed E-state index contributed by atoms with van der Waals surface area (Å²) in [5.41, 5.74) is 0.688. The number of nitro benzene ring substituents is 1. The number of piperidine rings is 1. The number of nitrogens with zero attached hydrogens (tertiary/aromatic N) is 2. The quantitative estimate of drug-likeness (QED) is 0.684. The van der Waals surface area contributed by atoms with Crippen LogP contribution in [0.1, 0.15) is 32.6 Å². The van der Waals surface area contributed by atoms with Gasteiger partial charge in [-0.05, 0) is 44.7 Å². The summed E-state index contributed by atoms with van der Waals surface area (Å²) < 4.78 is 0. The maximum atomic E-state index is 11.4. The molecule has 0 aliphatic carbocycles. The van der Waals surface area contributed by atoms with Crippen LogP contribution in [-0.4, -0.2) is 29.6 Å². The molecule has 2 saturated heterocycles. The molecule has 2 heterocycles. The van der Waals surface area contributed by atoms with Crippen LogP contribution in [0.4, 0.5) is 11.4 Å². The van der Waals surface area contributed by atoms with Crippen molar-refractivity contribution in [2.75, 3.05) is 11.4 Å². The van der Waals surface area contributed by atoms with E-state index in [0.29, 0.717) is 23.8 Å². The number of benzene rings is 1. The van der Waals surface area contributed by atoms with Crippen molar-refractivity contribution in [1.29, 1.82) is 0 Å². The Morgan fingerprint density at radius 1 is 1.38 bits per heavy atom. The molecule has 2 aliphatic rings. The van der Waals surface area contributed by atoms with Gasteiger partial charge in [0.25, 0.3) is 0 Å². The van der Waals surface area contributed by atoms with E-state index in [1.165, 1.54) is 12.8 Å². The lowest BCUT2D eigenvalue weighted by molar-refractivity contribution is -0.384. The van der Waals surface area contributed by atoms with Crippen molar-refractivity contribution in [1.82, 2.24) is 5.32 Å². The van der Waals surface area contributed by atoms with Gasteiger partial charge >= 0.3 is 5.69 Å². The summed E-state index contributed by atoms with van der Waals surface area (Å²) in [6, 6.07) is 6.66. The fraction of sp³-hybridized carbons (Fsp3) is 0.600. The van der Waals surface area contributed by atoms with Crippen LogP contribution in [0.2, 0.25) is 5.02 Å². The van der Waals surface area contributed by atoms with Gasteiger partial charge in [0, 0.05) is 24.7 Å². The van der Waals surface area contributed by atoms with Gasteiger partial charge < -0.3 is 10.2 Å². The van der Waals surface area contributed by atoms with Crippen LogP contribution in [0.25, 0.3) is 0 Å². The third kappa shape index (κ3) is 2.72. The summed E-state index contributed by atoms with van der Waals surface area (Å²) in [7, 11) is 0. The van der Waals surface area contributed by atoms with Crippen LogP contribution in [-0.2, 0) is 0 Å². The Morgan fingerprint density at radius 3 is 2.62 bits per heavy atom. The first kappa shape index (κ1) is 14.6. The maximum Gasteiger partial charge on any atom is 0.310 e. The highest BCUT2D eigenvalue weighted by Gasteiger charge is 2.37. The number of nitro groups is 1. The zero-order valence-electron chi connectivity index (χ0n) is 12.1. The van der Waals surface area contributed by atoms with E-state index in [1.807, 2.05) is 6.07 Å². The minimum Gasteiger partial charge on any atom is -0.363 e. The van der Waals surface area contributed by atoms with Gasteiger partial charge in [0.15, 0.2) is 0 Å². The summed E-state index contributed by atoms with van der Waals surface area (Å²) in [6.07, 6.45) is 4.54. The van der Waals surface area contributed by atoms with Crippen LogP contribution in [0.15, 0.2) is 18.2 Å². The van der Waals surface area contributed by atoms with Gasteiger partial charge in [-0.3, -0.25) is 10.1 Å². The maximum absolute atomic E-state index is 11.4. The zero-order chi connectivity index (χ0) is 15.0. The van der Waals surface area contributed by atoms with Gasteiger partial charge in [0.1, 0.15) is 10.7 Å². The van der Waals surface area contributed by atoms with Gasteiger partial charge in [-0.1, -0.05) is 17.7 Å². The Hall–Kier alpha value is -1.33. The van der Waals surface area contributed by atoms with Gasteiger partial charge in [-0.15, -0.1) is 0 Å². The highest BCUT2D eigenvalue weighted by molar-refractivity contribution is 6.33. The van der Waals surface area contributed by atoms with Gasteiger partial charge in [0.2, 0.25) is 0 Å². The largest absolute Gasteiger partial charge is 0.363 e. The predicted octanol–water partition coefficient (Wildman–Crippen LogP) is 3.36. The number of halogens is 1. The monoisotopic (exact) mass is 309 g/mol. The second-order valence-electron chi connectivity index (χ2n) is 5.91. The smallest absolute Gasteiger partial charge is 0.310 e. The first-order chi connectivity index (χ1) is 10.1. The van der Waals surface area contributed by atoms with Crippen molar-refractivity contribution >= 4 is 23.0 Å². The summed E-state index contributed by atoms with van der Waals surface area (Å²) in [5.74, 6) is 0. The molecule has 0 amide bonds. The lowest BCUT2D eigenvalue weighted by Gasteiger charge is -2.38. The van der Waals surface area contributed by atoms with E-state index in [9.17, 15) is 10.1 Å². The highest BCUT2D eigenvalue weighted by Crippen LogP contribution is 2.39. The molecular weight excluding hydrogens is 290 g/mol. The number of anilines is 1. The van der Waals surface area contributed by atoms with Crippen molar-refractivity contribution in [3.05, 3.63) is 33.3 Å². The summed E-state index contributed by atoms with van der Waals surface area (Å²) in [6.45, 7) is 2.81. The van der Waals surface area contributed by atoms with E-state index in [1.54, 1.807) is 12.1 Å². The Labute approximate surface area is 129 Å². The van der Waals surface area contributed by atoms with Crippen LogP contribution >= 0.6 is 11.6 Å². The molecule has 0 radical (unpaired) electrons. The summed E-state index contributed by atoms with van der Waals surface area (Å²) in [4.78, 5) is 13.2. The standard InChI is InChI=1S/C15H20ClN3O2/c1-2-18(12-8-10-6-7-11(9-12)17-10)14-5-3-4-13(16)15(14)19(20)21/h3-5,10-12,17H,2,6-9H2,1H3. The first-order valence-electron chi connectivity index (χ1n) is 7.55. The Bertz CT molecular complexity index is 540. The van der Waals surface area contributed by atoms with Crippen molar-refractivity contribution in [2.45, 2.75) is 50.7 Å². The van der Waals surface area contributed by atoms with E-state index >= 15 is 0 Å². The zero-order valence-corrected chi connectivity index (χ0v) is 12.8. The number of nitrogens with one attached hydrogen (secondary N) is 1. The van der Waals surface area contributed by atoms with E-state index in [4.69, 9.17) is 11.6 Å². The fourth-order valence-electron chi connectivity index (χ4n) is 3.82. The Morgan fingerprint density at radius 2 is 2.05 bits per heavy atom. The molecule has 0 spiro atoms. The lowest BCUT2D eigenvalue weighted by atomic mass is 9.97. The lowest BCUT2D eigenvalue weighted by Crippen LogP contribution is -2.48. The molecule has 21 heavy (non-hydrogen) atoms. The third-order valence-electron chi connectivity index (χ3n) is 4.69. The molecule has 114 valence electrons. The molecule has 2 atom stereocenters. The Kier molecular flexibility index (Phi) is 4.04. The summed E-state index contributed by atoms with van der Waals surface area (Å²) in [5, 5.41) is 15.2. The van der Waals surface area contributed by atoms with Crippen LogP contribution in [0, 0.1) is 10.1 Å². The first-order valence-corrected chi connectivity index (χ1v) is 7.93. The minimum absolute atomic E-state index is 0.0342. The third-order valence-corrected chi connectivity index (χ3v) is 4.99. The second kappa shape index (κ2) is 5.81. The van der Waals surface area contributed by atoms with Crippen molar-refractivity contribution < 1.29 is 4.92 Å². The molecular formula is C15H20ClN3O2. The average molecular weight is 310 g/mol. The summed E-state index contributed by atoms with van der Waals surface area (Å²) >= 11 is 6.05. The molecule has 6 heteroatoms. The average Bonchev–Trinajstić information content (AvgIpc) is 2.78. The highest BCUT2D eigenvalue weighted by atomic mass is 35.5. The molecule has 2 bridgehead atoms. The van der Waals surface area contributed by atoms with Crippen LogP contribution in [0.5, 0.6) is 0 Å². The normalized spacial score (nSPS) is 27.6. The number of hydrogen-bond acceptors (Lipinski definition) is 4. The van der Waals surface area contributed by atoms with E-state index < -0.39 is 0 Å². The van der Waals surface area contributed by atoms with Crippen LogP contribution < -0.4 is 10.2 Å². The van der Waals surface area contributed by atoms with Gasteiger partial charge in [0.05, 0.1) is 4.92 Å². The number of rotatable bonds is 4. The molecule has 1 N–H and O–H groups in total. The predicted molar refractivity (Wildman–Crippen MR) is 84.1 cm³/mol. The molecule has 0 saturated carbocycles. The molecule has 3 rings (SSSR count). The van der Waals surface area contributed by atoms with Gasteiger partial charge in [-0.2, -0.15) is 0 Å². The minimum atomic E-state index is -0.365.